The van der Waals surface area contributed by atoms with Gasteiger partial charge >= 0.3 is 0 Å². The number of rotatable bonds is 8. The molecule has 2 amide bonds. The van der Waals surface area contributed by atoms with Crippen molar-refractivity contribution in [2.24, 2.45) is 0 Å². The quantitative estimate of drug-likeness (QED) is 0.278. The lowest BCUT2D eigenvalue weighted by Gasteiger charge is -2.09. The summed E-state index contributed by atoms with van der Waals surface area (Å²) in [6.45, 7) is 0.532. The lowest BCUT2D eigenvalue weighted by molar-refractivity contribution is 0.0921. The van der Waals surface area contributed by atoms with E-state index in [4.69, 9.17) is 19.6 Å². The van der Waals surface area contributed by atoms with Crippen LogP contribution in [0, 0.1) is 0 Å². The van der Waals surface area contributed by atoms with Crippen molar-refractivity contribution in [3.05, 3.63) is 84.1 Å². The fourth-order valence-electron chi connectivity index (χ4n) is 3.25. The number of nitrogens with one attached hydrogen (secondary N) is 2. The summed E-state index contributed by atoms with van der Waals surface area (Å²) in [5, 5.41) is 6.27. The Kier molecular flexibility index (Phi) is 6.45. The van der Waals surface area contributed by atoms with Crippen LogP contribution < -0.4 is 25.8 Å². The lowest BCUT2D eigenvalue weighted by atomic mass is 10.2. The van der Waals surface area contributed by atoms with Crippen LogP contribution in [0.1, 0.15) is 20.9 Å². The van der Waals surface area contributed by atoms with E-state index in [1.165, 1.54) is 0 Å². The van der Waals surface area contributed by atoms with Crippen molar-refractivity contribution in [2.45, 2.75) is 0 Å². The predicted molar refractivity (Wildman–Crippen MR) is 126 cm³/mol. The van der Waals surface area contributed by atoms with Crippen molar-refractivity contribution in [2.75, 3.05) is 31.3 Å². The first-order chi connectivity index (χ1) is 16.0. The first-order valence-corrected chi connectivity index (χ1v) is 10.3. The number of carbonyl (C=O) groups is 2. The van der Waals surface area contributed by atoms with Gasteiger partial charge in [0.15, 0.2) is 5.76 Å². The molecular formula is C25H23N3O5. The summed E-state index contributed by atoms with van der Waals surface area (Å²) < 4.78 is 16.5. The highest BCUT2D eigenvalue weighted by Crippen LogP contribution is 2.28. The van der Waals surface area contributed by atoms with Gasteiger partial charge in [0, 0.05) is 11.6 Å². The number of methoxy groups -OCH3 is 1. The van der Waals surface area contributed by atoms with E-state index in [0.29, 0.717) is 34.0 Å². The molecule has 1 heterocycles. The maximum atomic E-state index is 12.4. The van der Waals surface area contributed by atoms with Crippen LogP contribution in [-0.2, 0) is 0 Å². The predicted octanol–water partition coefficient (Wildman–Crippen LogP) is 4.08. The molecule has 0 bridgehead atoms. The van der Waals surface area contributed by atoms with Crippen molar-refractivity contribution in [3.8, 4) is 11.5 Å². The van der Waals surface area contributed by atoms with Crippen LogP contribution in [0.3, 0.4) is 0 Å². The largest absolute Gasteiger partial charge is 0.496 e. The molecule has 0 spiro atoms. The number of amides is 2. The molecule has 4 N–H and O–H groups in total. The number of nitrogen functional groups attached to an aromatic ring is 1. The molecule has 8 nitrogen and oxygen atoms in total. The van der Waals surface area contributed by atoms with Gasteiger partial charge in [0.1, 0.15) is 23.7 Å². The van der Waals surface area contributed by atoms with Crippen LogP contribution in [0.5, 0.6) is 11.5 Å². The van der Waals surface area contributed by atoms with E-state index in [9.17, 15) is 9.59 Å². The third-order valence-corrected chi connectivity index (χ3v) is 4.95. The molecule has 0 radical (unpaired) electrons. The highest BCUT2D eigenvalue weighted by Gasteiger charge is 2.14. The smallest absolute Gasteiger partial charge is 0.287 e. The first-order valence-electron chi connectivity index (χ1n) is 10.3. The summed E-state index contributed by atoms with van der Waals surface area (Å²) in [5.74, 6) is 0.804. The average Bonchev–Trinajstić information content (AvgIpc) is 3.28. The van der Waals surface area contributed by atoms with Crippen LogP contribution in [0.15, 0.2) is 77.2 Å². The molecule has 168 valence electrons. The molecular weight excluding hydrogens is 422 g/mol. The average molecular weight is 445 g/mol. The van der Waals surface area contributed by atoms with Gasteiger partial charge in [-0.05, 0) is 48.5 Å². The number of anilines is 2. The van der Waals surface area contributed by atoms with E-state index in [1.54, 1.807) is 79.9 Å². The van der Waals surface area contributed by atoms with Crippen LogP contribution >= 0.6 is 0 Å². The Bertz CT molecular complexity index is 1280. The Labute approximate surface area is 190 Å². The molecule has 3 aromatic carbocycles. The summed E-state index contributed by atoms with van der Waals surface area (Å²) in [4.78, 5) is 24.7. The standard InChI is InChI=1S/C25H23N3O5/c1-31-21-7-4-8-22-18(21)15-23(33-22)25(30)27-13-14-32-17-11-9-16(10-12-17)24(29)28-20-6-3-2-5-19(20)26/h2-12,15H,13-14,26H2,1H3,(H,27,30)(H,28,29). The normalized spacial score (nSPS) is 10.6. The molecule has 0 atom stereocenters. The Morgan fingerprint density at radius 1 is 0.970 bits per heavy atom. The molecule has 8 heteroatoms. The zero-order valence-electron chi connectivity index (χ0n) is 18.0. The van der Waals surface area contributed by atoms with Crippen LogP contribution in [0.2, 0.25) is 0 Å². The maximum Gasteiger partial charge on any atom is 0.287 e. The van der Waals surface area contributed by atoms with Gasteiger partial charge in [0.05, 0.1) is 30.4 Å². The van der Waals surface area contributed by atoms with Crippen LogP contribution in [0.4, 0.5) is 11.4 Å². The second-order valence-corrected chi connectivity index (χ2v) is 7.15. The highest BCUT2D eigenvalue weighted by atomic mass is 16.5. The van der Waals surface area contributed by atoms with E-state index >= 15 is 0 Å². The molecule has 0 aliphatic rings. The van der Waals surface area contributed by atoms with Gasteiger partial charge in [-0.3, -0.25) is 9.59 Å². The summed E-state index contributed by atoms with van der Waals surface area (Å²) >= 11 is 0. The van der Waals surface area contributed by atoms with Gasteiger partial charge in [-0.25, -0.2) is 0 Å². The van der Waals surface area contributed by atoms with Gasteiger partial charge in [0.2, 0.25) is 0 Å². The van der Waals surface area contributed by atoms with Crippen LogP contribution in [0.25, 0.3) is 11.0 Å². The van der Waals surface area contributed by atoms with Crippen molar-refractivity contribution in [1.29, 1.82) is 0 Å². The zero-order valence-corrected chi connectivity index (χ0v) is 18.0. The van der Waals surface area contributed by atoms with Gasteiger partial charge in [-0.2, -0.15) is 0 Å². The summed E-state index contributed by atoms with van der Waals surface area (Å²) in [6.07, 6.45) is 0. The molecule has 0 unspecified atom stereocenters. The van der Waals surface area contributed by atoms with E-state index in [-0.39, 0.29) is 30.7 Å². The zero-order chi connectivity index (χ0) is 23.2. The molecule has 4 rings (SSSR count). The van der Waals surface area contributed by atoms with Gasteiger partial charge in [-0.1, -0.05) is 18.2 Å². The van der Waals surface area contributed by atoms with E-state index in [2.05, 4.69) is 10.6 Å². The van der Waals surface area contributed by atoms with Crippen molar-refractivity contribution >= 4 is 34.2 Å². The number of furan rings is 1. The van der Waals surface area contributed by atoms with Gasteiger partial charge in [0.25, 0.3) is 11.8 Å². The number of carbonyl (C=O) groups excluding carboxylic acids is 2. The van der Waals surface area contributed by atoms with Gasteiger partial charge < -0.3 is 30.3 Å². The second-order valence-electron chi connectivity index (χ2n) is 7.15. The number of para-hydroxylation sites is 2. The Morgan fingerprint density at radius 2 is 1.76 bits per heavy atom. The van der Waals surface area contributed by atoms with Crippen molar-refractivity contribution in [3.63, 3.8) is 0 Å². The fourth-order valence-corrected chi connectivity index (χ4v) is 3.25. The summed E-state index contributed by atoms with van der Waals surface area (Å²) in [5.41, 5.74) is 7.96. The van der Waals surface area contributed by atoms with Crippen molar-refractivity contribution in [1.82, 2.24) is 5.32 Å². The molecule has 0 aliphatic heterocycles. The molecule has 4 aromatic rings. The lowest BCUT2D eigenvalue weighted by Crippen LogP contribution is -2.27. The number of benzene rings is 3. The maximum absolute atomic E-state index is 12.4. The van der Waals surface area contributed by atoms with E-state index in [1.807, 2.05) is 0 Å². The van der Waals surface area contributed by atoms with Crippen LogP contribution in [-0.4, -0.2) is 32.1 Å². The van der Waals surface area contributed by atoms with Crippen molar-refractivity contribution < 1.29 is 23.5 Å². The Morgan fingerprint density at radius 3 is 2.52 bits per heavy atom. The molecule has 0 aliphatic carbocycles. The molecule has 33 heavy (non-hydrogen) atoms. The molecule has 0 saturated carbocycles. The number of fused-ring (bicyclic) bond motifs is 1. The minimum Gasteiger partial charge on any atom is -0.496 e. The number of nitrogens with two attached hydrogens (primary N) is 1. The Balaban J connectivity index is 1.26. The molecule has 1 aromatic heterocycles. The molecule has 0 saturated heterocycles. The third-order valence-electron chi connectivity index (χ3n) is 4.95. The number of hydrogen-bond donors (Lipinski definition) is 3. The van der Waals surface area contributed by atoms with Gasteiger partial charge in [-0.15, -0.1) is 0 Å². The minimum atomic E-state index is -0.343. The number of ether oxygens (including phenoxy) is 2. The monoisotopic (exact) mass is 445 g/mol. The third kappa shape index (κ3) is 5.07. The molecule has 0 fully saturated rings. The highest BCUT2D eigenvalue weighted by molar-refractivity contribution is 6.05. The van der Waals surface area contributed by atoms with E-state index in [0.717, 1.165) is 5.39 Å². The Hall–Kier alpha value is -4.46. The first kappa shape index (κ1) is 21.8. The minimum absolute atomic E-state index is 0.198. The second kappa shape index (κ2) is 9.78. The fraction of sp³-hybridized carbons (Fsp3) is 0.120. The topological polar surface area (TPSA) is 116 Å². The SMILES string of the molecule is COc1cccc2oc(C(=O)NCCOc3ccc(C(=O)Nc4ccccc4N)cc3)cc12. The number of hydrogen-bond acceptors (Lipinski definition) is 6. The van der Waals surface area contributed by atoms with E-state index < -0.39 is 0 Å². The summed E-state index contributed by atoms with van der Waals surface area (Å²) in [7, 11) is 1.57. The summed E-state index contributed by atoms with van der Waals surface area (Å²) in [6, 6.07) is 20.8.